The summed E-state index contributed by atoms with van der Waals surface area (Å²) in [5.41, 5.74) is 3.60. The second-order valence-electron chi connectivity index (χ2n) is 8.12. The lowest BCUT2D eigenvalue weighted by molar-refractivity contribution is 0.0526. The Kier molecular flexibility index (Phi) is 5.46. The van der Waals surface area contributed by atoms with Crippen molar-refractivity contribution in [3.05, 3.63) is 51.5 Å². The maximum atomic E-state index is 12.9. The molecular formula is C24H24N2O5S. The van der Waals surface area contributed by atoms with E-state index in [1.54, 1.807) is 13.0 Å². The van der Waals surface area contributed by atoms with E-state index in [0.717, 1.165) is 59.4 Å². The topological polar surface area (TPSA) is 90.7 Å². The van der Waals surface area contributed by atoms with Crippen molar-refractivity contribution in [3.8, 4) is 17.1 Å². The number of anilines is 1. The molecule has 1 amide bonds. The van der Waals surface area contributed by atoms with Gasteiger partial charge in [-0.1, -0.05) is 5.16 Å². The zero-order chi connectivity index (χ0) is 22.2. The number of rotatable bonds is 5. The predicted octanol–water partition coefficient (Wildman–Crippen LogP) is 5.03. The van der Waals surface area contributed by atoms with E-state index in [1.165, 1.54) is 11.3 Å². The molecule has 32 heavy (non-hydrogen) atoms. The number of benzene rings is 1. The van der Waals surface area contributed by atoms with Crippen LogP contribution in [0.5, 0.6) is 5.75 Å². The molecule has 3 heterocycles. The fourth-order valence-electron chi connectivity index (χ4n) is 4.33. The van der Waals surface area contributed by atoms with Crippen LogP contribution in [0.4, 0.5) is 5.00 Å². The van der Waals surface area contributed by atoms with Gasteiger partial charge in [0.05, 0.1) is 12.2 Å². The number of aryl methyl sites for hydroxylation is 1. The van der Waals surface area contributed by atoms with Gasteiger partial charge in [-0.2, -0.15) is 0 Å². The molecule has 0 fully saturated rings. The summed E-state index contributed by atoms with van der Waals surface area (Å²) >= 11 is 1.45. The first-order valence-electron chi connectivity index (χ1n) is 10.9. The third-order valence-electron chi connectivity index (χ3n) is 5.80. The number of ether oxygens (including phenoxy) is 2. The Morgan fingerprint density at radius 3 is 2.94 bits per heavy atom. The van der Waals surface area contributed by atoms with Gasteiger partial charge in [0.1, 0.15) is 16.9 Å². The SMILES string of the molecule is CCOC(=O)c1c(NC(=O)c2cc(-c3ccc4c(c3)CC(C)O4)on2)sc2c1CCCC2. The van der Waals surface area contributed by atoms with E-state index < -0.39 is 11.9 Å². The van der Waals surface area contributed by atoms with Crippen LogP contribution >= 0.6 is 11.3 Å². The molecule has 7 nitrogen and oxygen atoms in total. The third kappa shape index (κ3) is 3.79. The van der Waals surface area contributed by atoms with Crippen molar-refractivity contribution in [3.63, 3.8) is 0 Å². The quantitative estimate of drug-likeness (QED) is 0.546. The summed E-state index contributed by atoms with van der Waals surface area (Å²) in [6.07, 6.45) is 4.84. The van der Waals surface area contributed by atoms with Gasteiger partial charge in [0.25, 0.3) is 5.91 Å². The van der Waals surface area contributed by atoms with Gasteiger partial charge in [-0.05, 0) is 68.9 Å². The Morgan fingerprint density at radius 1 is 1.25 bits per heavy atom. The van der Waals surface area contributed by atoms with Gasteiger partial charge < -0.3 is 19.3 Å². The second kappa shape index (κ2) is 8.43. The number of fused-ring (bicyclic) bond motifs is 2. The molecular weight excluding hydrogens is 428 g/mol. The Morgan fingerprint density at radius 2 is 2.09 bits per heavy atom. The van der Waals surface area contributed by atoms with Crippen LogP contribution in [0.25, 0.3) is 11.3 Å². The van der Waals surface area contributed by atoms with Gasteiger partial charge in [-0.25, -0.2) is 4.79 Å². The summed E-state index contributed by atoms with van der Waals surface area (Å²) < 4.78 is 16.5. The molecule has 0 saturated heterocycles. The summed E-state index contributed by atoms with van der Waals surface area (Å²) in [5, 5.41) is 7.35. The zero-order valence-electron chi connectivity index (χ0n) is 18.0. The number of hydrogen-bond donors (Lipinski definition) is 1. The van der Waals surface area contributed by atoms with E-state index >= 15 is 0 Å². The van der Waals surface area contributed by atoms with Gasteiger partial charge in [0.2, 0.25) is 0 Å². The number of nitrogens with one attached hydrogen (secondary N) is 1. The molecule has 1 aromatic carbocycles. The van der Waals surface area contributed by atoms with E-state index in [0.29, 0.717) is 16.3 Å². The first-order chi connectivity index (χ1) is 15.5. The third-order valence-corrected chi connectivity index (χ3v) is 7.01. The van der Waals surface area contributed by atoms with Crippen molar-refractivity contribution in [2.75, 3.05) is 11.9 Å². The number of aromatic nitrogens is 1. The molecule has 1 aliphatic heterocycles. The maximum absolute atomic E-state index is 12.9. The molecule has 2 aliphatic rings. The first kappa shape index (κ1) is 20.8. The predicted molar refractivity (Wildman–Crippen MR) is 121 cm³/mol. The molecule has 0 spiro atoms. The van der Waals surface area contributed by atoms with Crippen molar-refractivity contribution in [2.45, 2.75) is 52.1 Å². The average molecular weight is 453 g/mol. The molecule has 166 valence electrons. The molecule has 8 heteroatoms. The number of hydrogen-bond acceptors (Lipinski definition) is 7. The number of carbonyl (C=O) groups is 2. The lowest BCUT2D eigenvalue weighted by atomic mass is 9.95. The standard InChI is InChI=1S/C24H24N2O5S/c1-3-29-24(28)21-16-6-4-5-7-20(16)32-23(21)25-22(27)17-12-19(31-26-17)14-8-9-18-15(11-14)10-13(2)30-18/h8-9,11-13H,3-7,10H2,1-2H3,(H,25,27). The van der Waals surface area contributed by atoms with Gasteiger partial charge in [-0.15, -0.1) is 11.3 Å². The molecule has 0 bridgehead atoms. The van der Waals surface area contributed by atoms with Crippen molar-refractivity contribution in [2.24, 2.45) is 0 Å². The van der Waals surface area contributed by atoms with Crippen LogP contribution in [-0.2, 0) is 24.0 Å². The molecule has 1 atom stereocenters. The van der Waals surface area contributed by atoms with Crippen LogP contribution in [0.15, 0.2) is 28.8 Å². The van der Waals surface area contributed by atoms with E-state index in [1.807, 2.05) is 25.1 Å². The molecule has 5 rings (SSSR count). The minimum Gasteiger partial charge on any atom is -0.490 e. The van der Waals surface area contributed by atoms with Crippen LogP contribution in [0.1, 0.15) is 63.5 Å². The highest BCUT2D eigenvalue weighted by atomic mass is 32.1. The summed E-state index contributed by atoms with van der Waals surface area (Å²) in [7, 11) is 0. The average Bonchev–Trinajstić information content (AvgIpc) is 3.48. The maximum Gasteiger partial charge on any atom is 0.341 e. The highest BCUT2D eigenvalue weighted by Gasteiger charge is 2.28. The molecule has 2 aromatic heterocycles. The fraction of sp³-hybridized carbons (Fsp3) is 0.375. The van der Waals surface area contributed by atoms with Crippen LogP contribution < -0.4 is 10.1 Å². The monoisotopic (exact) mass is 452 g/mol. The number of carbonyl (C=O) groups excluding carboxylic acids is 2. The van der Waals surface area contributed by atoms with Crippen LogP contribution in [-0.4, -0.2) is 29.7 Å². The molecule has 1 unspecified atom stereocenters. The lowest BCUT2D eigenvalue weighted by Gasteiger charge is -2.12. The van der Waals surface area contributed by atoms with Crippen molar-refractivity contribution in [1.82, 2.24) is 5.16 Å². The Hall–Kier alpha value is -3.13. The van der Waals surface area contributed by atoms with Crippen molar-refractivity contribution < 1.29 is 23.6 Å². The number of nitrogens with zero attached hydrogens (tertiary/aromatic N) is 1. The Bertz CT molecular complexity index is 1200. The van der Waals surface area contributed by atoms with Crippen molar-refractivity contribution >= 4 is 28.2 Å². The number of esters is 1. The molecule has 1 aliphatic carbocycles. The fourth-order valence-corrected chi connectivity index (χ4v) is 5.61. The Labute approximate surface area is 189 Å². The van der Waals surface area contributed by atoms with Gasteiger partial charge in [0, 0.05) is 22.9 Å². The number of thiophene rings is 1. The Balaban J connectivity index is 1.39. The summed E-state index contributed by atoms with van der Waals surface area (Å²) in [6, 6.07) is 7.44. The van der Waals surface area contributed by atoms with Crippen LogP contribution in [0.3, 0.4) is 0 Å². The number of amides is 1. The largest absolute Gasteiger partial charge is 0.490 e. The minimum atomic E-state index is -0.415. The van der Waals surface area contributed by atoms with Gasteiger partial charge in [0.15, 0.2) is 11.5 Å². The first-order valence-corrected chi connectivity index (χ1v) is 11.7. The second-order valence-corrected chi connectivity index (χ2v) is 9.23. The van der Waals surface area contributed by atoms with Gasteiger partial charge >= 0.3 is 5.97 Å². The molecule has 0 saturated carbocycles. The molecule has 1 N–H and O–H groups in total. The van der Waals surface area contributed by atoms with E-state index in [4.69, 9.17) is 14.0 Å². The van der Waals surface area contributed by atoms with E-state index in [-0.39, 0.29) is 18.4 Å². The molecule has 0 radical (unpaired) electrons. The normalized spacial score (nSPS) is 16.8. The summed E-state index contributed by atoms with van der Waals surface area (Å²) in [6.45, 7) is 4.09. The van der Waals surface area contributed by atoms with E-state index in [9.17, 15) is 9.59 Å². The van der Waals surface area contributed by atoms with Crippen LogP contribution in [0, 0.1) is 0 Å². The zero-order valence-corrected chi connectivity index (χ0v) is 18.8. The van der Waals surface area contributed by atoms with Crippen LogP contribution in [0.2, 0.25) is 0 Å². The van der Waals surface area contributed by atoms with Crippen molar-refractivity contribution in [1.29, 1.82) is 0 Å². The summed E-state index contributed by atoms with van der Waals surface area (Å²) in [5.74, 6) is 0.584. The highest BCUT2D eigenvalue weighted by Crippen LogP contribution is 2.39. The smallest absolute Gasteiger partial charge is 0.341 e. The van der Waals surface area contributed by atoms with Gasteiger partial charge in [-0.3, -0.25) is 4.79 Å². The summed E-state index contributed by atoms with van der Waals surface area (Å²) in [4.78, 5) is 26.7. The lowest BCUT2D eigenvalue weighted by Crippen LogP contribution is -2.16. The minimum absolute atomic E-state index is 0.154. The van der Waals surface area contributed by atoms with E-state index in [2.05, 4.69) is 10.5 Å². The highest BCUT2D eigenvalue weighted by molar-refractivity contribution is 7.17. The molecule has 3 aromatic rings.